The summed E-state index contributed by atoms with van der Waals surface area (Å²) in [7, 11) is 0. The lowest BCUT2D eigenvalue weighted by Crippen LogP contribution is -2.12. The molecule has 0 bridgehead atoms. The Morgan fingerprint density at radius 3 is 2.18 bits per heavy atom. The molecule has 0 fully saturated rings. The van der Waals surface area contributed by atoms with Gasteiger partial charge in [0.2, 0.25) is 0 Å². The van der Waals surface area contributed by atoms with Crippen molar-refractivity contribution in [1.29, 1.82) is 0 Å². The number of benzene rings is 3. The van der Waals surface area contributed by atoms with Crippen LogP contribution in [0.2, 0.25) is 0 Å². The monoisotopic (exact) mass is 503 g/mol. The van der Waals surface area contributed by atoms with Gasteiger partial charge in [0.25, 0.3) is 0 Å². The van der Waals surface area contributed by atoms with Crippen LogP contribution in [0.4, 0.5) is 0 Å². The highest BCUT2D eigenvalue weighted by Crippen LogP contribution is 2.33. The maximum Gasteiger partial charge on any atom is 0.335 e. The Balaban J connectivity index is 1.69. The van der Waals surface area contributed by atoms with E-state index in [0.29, 0.717) is 6.42 Å². The summed E-state index contributed by atoms with van der Waals surface area (Å²) in [6.07, 6.45) is 0.682. The van der Waals surface area contributed by atoms with Crippen LogP contribution in [0.25, 0.3) is 11.3 Å². The topological polar surface area (TPSA) is 63.3 Å². The predicted octanol–water partition coefficient (Wildman–Crippen LogP) is 7.47. The van der Waals surface area contributed by atoms with Crippen molar-refractivity contribution >= 4 is 21.9 Å². The lowest BCUT2D eigenvalue weighted by molar-refractivity contribution is 0.0697. The van der Waals surface area contributed by atoms with Gasteiger partial charge in [-0.3, -0.25) is 0 Å². The molecule has 0 radical (unpaired) electrons. The smallest absolute Gasteiger partial charge is 0.335 e. The molecule has 33 heavy (non-hydrogen) atoms. The van der Waals surface area contributed by atoms with E-state index in [9.17, 15) is 9.90 Å². The molecule has 0 aliphatic rings. The van der Waals surface area contributed by atoms with Gasteiger partial charge in [0.15, 0.2) is 5.76 Å². The number of halogens is 1. The van der Waals surface area contributed by atoms with Crippen molar-refractivity contribution in [2.45, 2.75) is 38.5 Å². The fraction of sp³-hybridized carbons (Fsp3) is 0.214. The van der Waals surface area contributed by atoms with E-state index in [2.05, 4.69) is 66.1 Å². The minimum absolute atomic E-state index is 0.0253. The Morgan fingerprint density at radius 2 is 1.61 bits per heavy atom. The first kappa shape index (κ1) is 23.0. The van der Waals surface area contributed by atoms with Crippen LogP contribution in [0.5, 0.6) is 0 Å². The molecule has 168 valence electrons. The summed E-state index contributed by atoms with van der Waals surface area (Å²) >= 11 is 3.46. The van der Waals surface area contributed by atoms with E-state index < -0.39 is 5.97 Å². The summed E-state index contributed by atoms with van der Waals surface area (Å²) in [5.74, 6) is -0.232. The summed E-state index contributed by atoms with van der Waals surface area (Å²) in [6.45, 7) is 6.60. The van der Waals surface area contributed by atoms with Crippen LogP contribution in [-0.2, 0) is 11.8 Å². The summed E-state index contributed by atoms with van der Waals surface area (Å²) in [5, 5.41) is 13.6. The second kappa shape index (κ2) is 9.36. The van der Waals surface area contributed by atoms with Crippen molar-refractivity contribution in [3.8, 4) is 11.3 Å². The van der Waals surface area contributed by atoms with Crippen LogP contribution in [0.1, 0.15) is 59.4 Å². The summed E-state index contributed by atoms with van der Waals surface area (Å²) < 4.78 is 6.72. The Kier molecular flexibility index (Phi) is 6.52. The molecule has 0 aliphatic carbocycles. The Hall–Kier alpha value is -3.18. The van der Waals surface area contributed by atoms with Crippen molar-refractivity contribution < 1.29 is 14.4 Å². The normalized spacial score (nSPS) is 12.5. The van der Waals surface area contributed by atoms with Gasteiger partial charge >= 0.3 is 5.97 Å². The van der Waals surface area contributed by atoms with Crippen molar-refractivity contribution in [1.82, 2.24) is 5.16 Å². The largest absolute Gasteiger partial charge is 0.478 e. The number of carbonyl (C=O) groups is 1. The number of aromatic nitrogens is 1. The number of rotatable bonds is 6. The third-order valence-electron chi connectivity index (χ3n) is 5.83. The molecule has 1 unspecified atom stereocenters. The Bertz CT molecular complexity index is 1230. The third kappa shape index (κ3) is 5.42. The second-order valence-corrected chi connectivity index (χ2v) is 10.2. The van der Waals surface area contributed by atoms with Crippen LogP contribution < -0.4 is 0 Å². The molecule has 4 aromatic rings. The van der Waals surface area contributed by atoms with Gasteiger partial charge in [-0.05, 0) is 52.8 Å². The van der Waals surface area contributed by atoms with Crippen molar-refractivity contribution in [2.75, 3.05) is 0 Å². The van der Waals surface area contributed by atoms with E-state index in [4.69, 9.17) is 4.52 Å². The van der Waals surface area contributed by atoms with Crippen LogP contribution in [0.15, 0.2) is 87.9 Å². The van der Waals surface area contributed by atoms with E-state index in [1.54, 1.807) is 12.1 Å². The fourth-order valence-corrected chi connectivity index (χ4v) is 4.10. The molecular formula is C28H26BrNO3. The fourth-order valence-electron chi connectivity index (χ4n) is 3.83. The van der Waals surface area contributed by atoms with Crippen LogP contribution in [-0.4, -0.2) is 16.2 Å². The first-order valence-corrected chi connectivity index (χ1v) is 11.7. The number of aromatic carboxylic acids is 1. The average Bonchev–Trinajstić information content (AvgIpc) is 3.28. The van der Waals surface area contributed by atoms with Gasteiger partial charge in [-0.15, -0.1) is 0 Å². The molecule has 1 aromatic heterocycles. The maximum absolute atomic E-state index is 11.2. The lowest BCUT2D eigenvalue weighted by atomic mass is 9.83. The van der Waals surface area contributed by atoms with E-state index in [-0.39, 0.29) is 16.9 Å². The van der Waals surface area contributed by atoms with Gasteiger partial charge in [0.05, 0.1) is 11.3 Å². The standard InChI is InChI=1S/C28H26BrNO3/c1-28(2,3)22-12-8-19(9-13-22)24(16-18-4-6-21(7-5-18)27(31)32)25-17-26(33-30-25)20-10-14-23(29)15-11-20/h4-15,17,24H,16H2,1-3H3,(H,31,32). The zero-order valence-corrected chi connectivity index (χ0v) is 20.5. The highest BCUT2D eigenvalue weighted by molar-refractivity contribution is 9.10. The molecule has 0 amide bonds. The minimum atomic E-state index is -0.925. The first-order valence-electron chi connectivity index (χ1n) is 10.9. The van der Waals surface area contributed by atoms with E-state index in [0.717, 1.165) is 32.6 Å². The molecule has 0 aliphatic heterocycles. The molecule has 1 atom stereocenters. The zero-order chi connectivity index (χ0) is 23.6. The Morgan fingerprint density at radius 1 is 0.970 bits per heavy atom. The summed E-state index contributed by atoms with van der Waals surface area (Å²) in [6, 6.07) is 25.6. The average molecular weight is 504 g/mol. The number of hydrogen-bond acceptors (Lipinski definition) is 3. The van der Waals surface area contributed by atoms with Crippen molar-refractivity contribution in [3.05, 3.63) is 111 Å². The predicted molar refractivity (Wildman–Crippen MR) is 134 cm³/mol. The minimum Gasteiger partial charge on any atom is -0.478 e. The molecule has 4 rings (SSSR count). The Labute approximate surface area is 202 Å². The number of nitrogens with zero attached hydrogens (tertiary/aromatic N) is 1. The molecule has 1 N–H and O–H groups in total. The van der Waals surface area contributed by atoms with Gasteiger partial charge in [-0.1, -0.05) is 90.4 Å². The van der Waals surface area contributed by atoms with Crippen LogP contribution >= 0.6 is 15.9 Å². The van der Waals surface area contributed by atoms with E-state index >= 15 is 0 Å². The highest BCUT2D eigenvalue weighted by atomic mass is 79.9. The molecule has 5 heteroatoms. The van der Waals surface area contributed by atoms with Crippen molar-refractivity contribution in [2.24, 2.45) is 0 Å². The molecule has 1 heterocycles. The van der Waals surface area contributed by atoms with Crippen molar-refractivity contribution in [3.63, 3.8) is 0 Å². The zero-order valence-electron chi connectivity index (χ0n) is 18.9. The van der Waals surface area contributed by atoms with Gasteiger partial charge in [0.1, 0.15) is 0 Å². The quantitative estimate of drug-likeness (QED) is 0.296. The summed E-state index contributed by atoms with van der Waals surface area (Å²) in [4.78, 5) is 11.2. The van der Waals surface area contributed by atoms with Gasteiger partial charge in [-0.25, -0.2) is 4.79 Å². The van der Waals surface area contributed by atoms with E-state index in [1.807, 2.05) is 42.5 Å². The number of hydrogen-bond donors (Lipinski definition) is 1. The van der Waals surface area contributed by atoms with Crippen LogP contribution in [0.3, 0.4) is 0 Å². The highest BCUT2D eigenvalue weighted by Gasteiger charge is 2.22. The maximum atomic E-state index is 11.2. The summed E-state index contributed by atoms with van der Waals surface area (Å²) in [5.41, 5.74) is 5.61. The second-order valence-electron chi connectivity index (χ2n) is 9.25. The van der Waals surface area contributed by atoms with Gasteiger partial charge < -0.3 is 9.63 Å². The molecule has 0 saturated heterocycles. The van der Waals surface area contributed by atoms with Gasteiger partial charge in [0, 0.05) is 22.0 Å². The van der Waals surface area contributed by atoms with Gasteiger partial charge in [-0.2, -0.15) is 0 Å². The molecule has 3 aromatic carbocycles. The molecular weight excluding hydrogens is 478 g/mol. The molecule has 0 saturated carbocycles. The van der Waals surface area contributed by atoms with E-state index in [1.165, 1.54) is 5.56 Å². The third-order valence-corrected chi connectivity index (χ3v) is 6.36. The van der Waals surface area contributed by atoms with Crippen LogP contribution in [0, 0.1) is 0 Å². The first-order chi connectivity index (χ1) is 15.7. The lowest BCUT2D eigenvalue weighted by Gasteiger charge is -2.21. The number of carboxylic acids is 1. The SMILES string of the molecule is CC(C)(C)c1ccc(C(Cc2ccc(C(=O)O)cc2)c2cc(-c3ccc(Br)cc3)on2)cc1. The molecule has 0 spiro atoms. The molecule has 4 nitrogen and oxygen atoms in total. The number of carboxylic acid groups (broad SMARTS) is 1.